The fourth-order valence-electron chi connectivity index (χ4n) is 2.37. The zero-order valence-corrected chi connectivity index (χ0v) is 13.4. The highest BCUT2D eigenvalue weighted by atomic mass is 16.5. The van der Waals surface area contributed by atoms with E-state index in [1.54, 1.807) is 0 Å². The summed E-state index contributed by atoms with van der Waals surface area (Å²) in [7, 11) is 0. The Bertz CT molecular complexity index is 647. The van der Waals surface area contributed by atoms with Crippen LogP contribution in [0.3, 0.4) is 0 Å². The molecule has 0 bridgehead atoms. The van der Waals surface area contributed by atoms with Gasteiger partial charge in [-0.25, -0.2) is 4.79 Å². The van der Waals surface area contributed by atoms with Crippen molar-refractivity contribution in [2.45, 2.75) is 27.2 Å². The summed E-state index contributed by atoms with van der Waals surface area (Å²) in [5, 5.41) is 0. The van der Waals surface area contributed by atoms with Crippen molar-refractivity contribution in [2.75, 3.05) is 13.2 Å². The number of carbonyl (C=O) groups excluding carboxylic acids is 1. The number of esters is 1. The van der Waals surface area contributed by atoms with Crippen molar-refractivity contribution in [2.24, 2.45) is 0 Å². The number of para-hydroxylation sites is 1. The van der Waals surface area contributed by atoms with Crippen molar-refractivity contribution in [3.05, 3.63) is 64.7 Å². The average Bonchev–Trinajstić information content (AvgIpc) is 2.51. The molecule has 0 spiro atoms. The Kier molecular flexibility index (Phi) is 5.59. The maximum atomic E-state index is 12.0. The van der Waals surface area contributed by atoms with Gasteiger partial charge >= 0.3 is 5.97 Å². The molecule has 0 N–H and O–H groups in total. The van der Waals surface area contributed by atoms with Crippen LogP contribution < -0.4 is 4.74 Å². The lowest BCUT2D eigenvalue weighted by atomic mass is 9.99. The molecule has 0 fully saturated rings. The highest BCUT2D eigenvalue weighted by molar-refractivity contribution is 5.91. The van der Waals surface area contributed by atoms with E-state index in [2.05, 4.69) is 6.07 Å². The van der Waals surface area contributed by atoms with E-state index in [4.69, 9.17) is 9.47 Å². The SMILES string of the molecule is CCOC(=O)c1cc(Cc2ccccc2OCC)ccc1C. The van der Waals surface area contributed by atoms with Crippen LogP contribution in [0.15, 0.2) is 42.5 Å². The van der Waals surface area contributed by atoms with E-state index in [-0.39, 0.29) is 5.97 Å². The van der Waals surface area contributed by atoms with E-state index in [0.717, 1.165) is 28.9 Å². The number of carbonyl (C=O) groups is 1. The summed E-state index contributed by atoms with van der Waals surface area (Å²) in [6.07, 6.45) is 0.725. The molecule has 0 aliphatic carbocycles. The summed E-state index contributed by atoms with van der Waals surface area (Å²) in [6.45, 7) is 6.73. The van der Waals surface area contributed by atoms with Crippen LogP contribution in [0, 0.1) is 6.92 Å². The molecule has 0 radical (unpaired) electrons. The molecule has 0 saturated heterocycles. The fraction of sp³-hybridized carbons (Fsp3) is 0.316. The number of hydrogen-bond acceptors (Lipinski definition) is 3. The second-order valence-corrected chi connectivity index (χ2v) is 5.09. The molecule has 2 rings (SSSR count). The quantitative estimate of drug-likeness (QED) is 0.751. The molecular weight excluding hydrogens is 276 g/mol. The van der Waals surface area contributed by atoms with Gasteiger partial charge in [0.15, 0.2) is 0 Å². The molecule has 0 aliphatic rings. The first-order chi connectivity index (χ1) is 10.7. The van der Waals surface area contributed by atoms with Gasteiger partial charge in [-0.3, -0.25) is 0 Å². The Morgan fingerprint density at radius 2 is 1.82 bits per heavy atom. The number of benzene rings is 2. The second kappa shape index (κ2) is 7.64. The monoisotopic (exact) mass is 298 g/mol. The van der Waals surface area contributed by atoms with E-state index in [1.807, 2.05) is 57.2 Å². The van der Waals surface area contributed by atoms with Crippen molar-refractivity contribution >= 4 is 5.97 Å². The van der Waals surface area contributed by atoms with Gasteiger partial charge in [-0.05, 0) is 49.6 Å². The minimum Gasteiger partial charge on any atom is -0.494 e. The highest BCUT2D eigenvalue weighted by Crippen LogP contribution is 2.23. The maximum absolute atomic E-state index is 12.0. The van der Waals surface area contributed by atoms with Gasteiger partial charge in [0.25, 0.3) is 0 Å². The summed E-state index contributed by atoms with van der Waals surface area (Å²) in [5.74, 6) is 0.628. The largest absolute Gasteiger partial charge is 0.494 e. The molecule has 2 aromatic rings. The molecule has 0 atom stereocenters. The Morgan fingerprint density at radius 1 is 1.05 bits per heavy atom. The Hall–Kier alpha value is -2.29. The van der Waals surface area contributed by atoms with Crippen LogP contribution in [0.5, 0.6) is 5.75 Å². The van der Waals surface area contributed by atoms with Crippen LogP contribution in [-0.2, 0) is 11.2 Å². The summed E-state index contributed by atoms with van der Waals surface area (Å²) >= 11 is 0. The lowest BCUT2D eigenvalue weighted by Crippen LogP contribution is -2.07. The van der Waals surface area contributed by atoms with Crippen molar-refractivity contribution in [3.8, 4) is 5.75 Å². The van der Waals surface area contributed by atoms with Crippen molar-refractivity contribution in [1.29, 1.82) is 0 Å². The molecule has 0 heterocycles. The zero-order chi connectivity index (χ0) is 15.9. The maximum Gasteiger partial charge on any atom is 0.338 e. The smallest absolute Gasteiger partial charge is 0.338 e. The molecule has 0 aromatic heterocycles. The van der Waals surface area contributed by atoms with Gasteiger partial charge in [0.2, 0.25) is 0 Å². The third-order valence-corrected chi connectivity index (χ3v) is 3.46. The van der Waals surface area contributed by atoms with E-state index in [0.29, 0.717) is 18.8 Å². The van der Waals surface area contributed by atoms with Crippen LogP contribution in [0.25, 0.3) is 0 Å². The van der Waals surface area contributed by atoms with E-state index in [9.17, 15) is 4.79 Å². The normalized spacial score (nSPS) is 10.3. The molecule has 116 valence electrons. The van der Waals surface area contributed by atoms with Crippen LogP contribution >= 0.6 is 0 Å². The van der Waals surface area contributed by atoms with Crippen LogP contribution in [0.4, 0.5) is 0 Å². The van der Waals surface area contributed by atoms with E-state index >= 15 is 0 Å². The number of ether oxygens (including phenoxy) is 2. The topological polar surface area (TPSA) is 35.5 Å². The molecule has 2 aromatic carbocycles. The van der Waals surface area contributed by atoms with Gasteiger partial charge < -0.3 is 9.47 Å². The number of rotatable bonds is 6. The first kappa shape index (κ1) is 16.1. The van der Waals surface area contributed by atoms with Crippen LogP contribution in [0.1, 0.15) is 40.9 Å². The Balaban J connectivity index is 2.27. The Labute approximate surface area is 131 Å². The summed E-state index contributed by atoms with van der Waals surface area (Å²) in [5.41, 5.74) is 3.75. The van der Waals surface area contributed by atoms with Gasteiger partial charge in [0.05, 0.1) is 18.8 Å². The predicted octanol–water partition coefficient (Wildman–Crippen LogP) is 4.16. The highest BCUT2D eigenvalue weighted by Gasteiger charge is 2.12. The summed E-state index contributed by atoms with van der Waals surface area (Å²) in [4.78, 5) is 12.0. The Morgan fingerprint density at radius 3 is 2.55 bits per heavy atom. The lowest BCUT2D eigenvalue weighted by Gasteiger charge is -2.12. The van der Waals surface area contributed by atoms with Crippen molar-refractivity contribution in [3.63, 3.8) is 0 Å². The summed E-state index contributed by atoms with van der Waals surface area (Å²) < 4.78 is 10.8. The standard InChI is InChI=1S/C19H22O3/c1-4-21-18-9-7-6-8-16(18)12-15-11-10-14(3)17(13-15)19(20)22-5-2/h6-11,13H,4-5,12H2,1-3H3. The molecule has 3 nitrogen and oxygen atoms in total. The minimum atomic E-state index is -0.264. The first-order valence-corrected chi connectivity index (χ1v) is 7.63. The van der Waals surface area contributed by atoms with Crippen LogP contribution in [0.2, 0.25) is 0 Å². The predicted molar refractivity (Wildman–Crippen MR) is 87.6 cm³/mol. The molecule has 22 heavy (non-hydrogen) atoms. The number of aryl methyl sites for hydroxylation is 1. The third-order valence-electron chi connectivity index (χ3n) is 3.46. The lowest BCUT2D eigenvalue weighted by molar-refractivity contribution is 0.0525. The molecule has 0 amide bonds. The molecule has 0 unspecified atom stereocenters. The average molecular weight is 298 g/mol. The number of hydrogen-bond donors (Lipinski definition) is 0. The molecule has 0 aliphatic heterocycles. The second-order valence-electron chi connectivity index (χ2n) is 5.09. The van der Waals surface area contributed by atoms with Crippen molar-refractivity contribution < 1.29 is 14.3 Å². The van der Waals surface area contributed by atoms with Gasteiger partial charge in [0, 0.05) is 6.42 Å². The van der Waals surface area contributed by atoms with Gasteiger partial charge in [-0.2, -0.15) is 0 Å². The molecular formula is C19H22O3. The zero-order valence-electron chi connectivity index (χ0n) is 13.4. The molecule has 3 heteroatoms. The fourth-order valence-corrected chi connectivity index (χ4v) is 2.37. The van der Waals surface area contributed by atoms with E-state index < -0.39 is 0 Å². The summed E-state index contributed by atoms with van der Waals surface area (Å²) in [6, 6.07) is 13.9. The van der Waals surface area contributed by atoms with Gasteiger partial charge in [-0.15, -0.1) is 0 Å². The van der Waals surface area contributed by atoms with Gasteiger partial charge in [0.1, 0.15) is 5.75 Å². The van der Waals surface area contributed by atoms with Crippen LogP contribution in [-0.4, -0.2) is 19.2 Å². The minimum absolute atomic E-state index is 0.264. The van der Waals surface area contributed by atoms with Gasteiger partial charge in [-0.1, -0.05) is 30.3 Å². The first-order valence-electron chi connectivity index (χ1n) is 7.63. The van der Waals surface area contributed by atoms with E-state index in [1.165, 1.54) is 0 Å². The van der Waals surface area contributed by atoms with Crippen molar-refractivity contribution in [1.82, 2.24) is 0 Å². The third kappa shape index (κ3) is 3.88. The molecule has 0 saturated carbocycles.